The maximum absolute atomic E-state index is 12.2. The molecule has 5 nitrogen and oxygen atoms in total. The number of rotatable bonds is 4. The number of hydrogen-bond donors (Lipinski definition) is 1. The number of nitrogens with zero attached hydrogens (tertiary/aromatic N) is 1. The molecule has 18 heavy (non-hydrogen) atoms. The third-order valence-corrected chi connectivity index (χ3v) is 3.12. The standard InChI is InChI=1S/C13H18N2O3/c1-2-15(9-10-5-4-8-18-10)13(17)11-6-3-7-12(16)14-11/h3,6-7,10H,2,4-5,8-9H2,1H3,(H,14,16). The van der Waals surface area contributed by atoms with E-state index in [9.17, 15) is 9.59 Å². The Morgan fingerprint density at radius 2 is 2.39 bits per heavy atom. The molecule has 1 unspecified atom stereocenters. The second kappa shape index (κ2) is 5.82. The van der Waals surface area contributed by atoms with Gasteiger partial charge in [0.25, 0.3) is 5.91 Å². The summed E-state index contributed by atoms with van der Waals surface area (Å²) in [6, 6.07) is 4.61. The topological polar surface area (TPSA) is 62.4 Å². The first-order valence-electron chi connectivity index (χ1n) is 6.31. The van der Waals surface area contributed by atoms with E-state index in [1.807, 2.05) is 6.92 Å². The molecule has 1 atom stereocenters. The molecule has 1 fully saturated rings. The van der Waals surface area contributed by atoms with Gasteiger partial charge in [-0.25, -0.2) is 0 Å². The first kappa shape index (κ1) is 12.8. The van der Waals surface area contributed by atoms with Crippen molar-refractivity contribution in [1.29, 1.82) is 0 Å². The summed E-state index contributed by atoms with van der Waals surface area (Å²) < 4.78 is 5.53. The average Bonchev–Trinajstić information content (AvgIpc) is 2.88. The summed E-state index contributed by atoms with van der Waals surface area (Å²) in [7, 11) is 0. The fourth-order valence-electron chi connectivity index (χ4n) is 2.13. The molecular formula is C13H18N2O3. The lowest BCUT2D eigenvalue weighted by Gasteiger charge is -2.23. The molecule has 2 rings (SSSR count). The van der Waals surface area contributed by atoms with Crippen LogP contribution in [0, 0.1) is 0 Å². The van der Waals surface area contributed by atoms with Gasteiger partial charge in [-0.05, 0) is 25.8 Å². The molecule has 1 amide bonds. The Balaban J connectivity index is 2.07. The zero-order valence-corrected chi connectivity index (χ0v) is 10.5. The molecule has 0 aromatic carbocycles. The lowest BCUT2D eigenvalue weighted by Crippen LogP contribution is -2.38. The Labute approximate surface area is 106 Å². The number of H-pyrrole nitrogens is 1. The van der Waals surface area contributed by atoms with Crippen LogP contribution in [-0.2, 0) is 4.74 Å². The number of nitrogens with one attached hydrogen (secondary N) is 1. The molecule has 1 aliphatic heterocycles. The van der Waals surface area contributed by atoms with Crippen molar-refractivity contribution in [2.45, 2.75) is 25.9 Å². The highest BCUT2D eigenvalue weighted by atomic mass is 16.5. The third-order valence-electron chi connectivity index (χ3n) is 3.12. The third kappa shape index (κ3) is 2.98. The molecule has 0 bridgehead atoms. The van der Waals surface area contributed by atoms with Crippen molar-refractivity contribution in [3.8, 4) is 0 Å². The van der Waals surface area contributed by atoms with Crippen molar-refractivity contribution in [3.63, 3.8) is 0 Å². The predicted octanol–water partition coefficient (Wildman–Crippen LogP) is 1.02. The molecule has 0 spiro atoms. The van der Waals surface area contributed by atoms with Gasteiger partial charge in [-0.2, -0.15) is 0 Å². The summed E-state index contributed by atoms with van der Waals surface area (Å²) in [4.78, 5) is 27.7. The number of carbonyl (C=O) groups is 1. The highest BCUT2D eigenvalue weighted by molar-refractivity contribution is 5.92. The maximum Gasteiger partial charge on any atom is 0.270 e. The fraction of sp³-hybridized carbons (Fsp3) is 0.538. The van der Waals surface area contributed by atoms with E-state index in [1.54, 1.807) is 17.0 Å². The van der Waals surface area contributed by atoms with Crippen LogP contribution in [0.1, 0.15) is 30.3 Å². The quantitative estimate of drug-likeness (QED) is 0.867. The summed E-state index contributed by atoms with van der Waals surface area (Å²) in [5, 5.41) is 0. The molecule has 0 saturated carbocycles. The molecule has 2 heterocycles. The van der Waals surface area contributed by atoms with Gasteiger partial charge in [0.15, 0.2) is 0 Å². The molecule has 1 aromatic heterocycles. The molecule has 1 aromatic rings. The SMILES string of the molecule is CCN(CC1CCCO1)C(=O)c1cccc(=O)[nH]1. The van der Waals surface area contributed by atoms with Crippen molar-refractivity contribution in [3.05, 3.63) is 34.2 Å². The summed E-state index contributed by atoms with van der Waals surface area (Å²) in [5.74, 6) is -0.147. The number of amides is 1. The number of likely N-dealkylation sites (N-methyl/N-ethyl adjacent to an activating group) is 1. The summed E-state index contributed by atoms with van der Waals surface area (Å²) >= 11 is 0. The number of carbonyl (C=O) groups excluding carboxylic acids is 1. The molecule has 0 aliphatic carbocycles. The highest BCUT2D eigenvalue weighted by Crippen LogP contribution is 2.14. The Bertz CT molecular complexity index is 463. The van der Waals surface area contributed by atoms with E-state index in [-0.39, 0.29) is 17.6 Å². The molecular weight excluding hydrogens is 232 g/mol. The van der Waals surface area contributed by atoms with E-state index in [0.717, 1.165) is 19.4 Å². The molecule has 1 N–H and O–H groups in total. The predicted molar refractivity (Wildman–Crippen MR) is 67.6 cm³/mol. The molecule has 5 heteroatoms. The van der Waals surface area contributed by atoms with Crippen molar-refractivity contribution in [2.75, 3.05) is 19.7 Å². The number of aromatic nitrogens is 1. The van der Waals surface area contributed by atoms with E-state index in [4.69, 9.17) is 4.74 Å². The summed E-state index contributed by atoms with van der Waals surface area (Å²) in [6.07, 6.45) is 2.18. The van der Waals surface area contributed by atoms with Crippen LogP contribution in [0.3, 0.4) is 0 Å². The minimum absolute atomic E-state index is 0.129. The fourth-order valence-corrected chi connectivity index (χ4v) is 2.13. The van der Waals surface area contributed by atoms with Crippen molar-refractivity contribution in [2.24, 2.45) is 0 Å². The van der Waals surface area contributed by atoms with Gasteiger partial charge in [0.05, 0.1) is 6.10 Å². The van der Waals surface area contributed by atoms with E-state index in [1.165, 1.54) is 6.07 Å². The van der Waals surface area contributed by atoms with E-state index >= 15 is 0 Å². The lowest BCUT2D eigenvalue weighted by atomic mass is 10.2. The van der Waals surface area contributed by atoms with Gasteiger partial charge in [0.1, 0.15) is 5.69 Å². The summed E-state index contributed by atoms with van der Waals surface area (Å²) in [5.41, 5.74) is 0.0800. The molecule has 98 valence electrons. The van der Waals surface area contributed by atoms with Crippen LogP contribution in [-0.4, -0.2) is 41.6 Å². The second-order valence-corrected chi connectivity index (χ2v) is 4.41. The van der Waals surface area contributed by atoms with Crippen LogP contribution < -0.4 is 5.56 Å². The maximum atomic E-state index is 12.2. The zero-order valence-electron chi connectivity index (χ0n) is 10.5. The number of hydrogen-bond acceptors (Lipinski definition) is 3. The van der Waals surface area contributed by atoms with Crippen LogP contribution in [0.5, 0.6) is 0 Å². The minimum atomic E-state index is -0.256. The monoisotopic (exact) mass is 250 g/mol. The van der Waals surface area contributed by atoms with Gasteiger partial charge in [-0.15, -0.1) is 0 Å². The highest BCUT2D eigenvalue weighted by Gasteiger charge is 2.22. The Morgan fingerprint density at radius 3 is 3.00 bits per heavy atom. The van der Waals surface area contributed by atoms with Gasteiger partial charge in [0, 0.05) is 25.8 Å². The van der Waals surface area contributed by atoms with Crippen LogP contribution in [0.2, 0.25) is 0 Å². The van der Waals surface area contributed by atoms with Gasteiger partial charge in [-0.1, -0.05) is 6.07 Å². The van der Waals surface area contributed by atoms with Gasteiger partial charge in [0.2, 0.25) is 5.56 Å². The van der Waals surface area contributed by atoms with Crippen LogP contribution in [0.15, 0.2) is 23.0 Å². The molecule has 0 radical (unpaired) electrons. The van der Waals surface area contributed by atoms with Crippen LogP contribution in [0.4, 0.5) is 0 Å². The minimum Gasteiger partial charge on any atom is -0.376 e. The van der Waals surface area contributed by atoms with Gasteiger partial charge >= 0.3 is 0 Å². The van der Waals surface area contributed by atoms with Crippen molar-refractivity contribution in [1.82, 2.24) is 9.88 Å². The number of ether oxygens (including phenoxy) is 1. The summed E-state index contributed by atoms with van der Waals surface area (Å²) in [6.45, 7) is 3.90. The van der Waals surface area contributed by atoms with Crippen molar-refractivity contribution < 1.29 is 9.53 Å². The van der Waals surface area contributed by atoms with Gasteiger partial charge < -0.3 is 14.6 Å². The van der Waals surface area contributed by atoms with Crippen LogP contribution in [0.25, 0.3) is 0 Å². The lowest BCUT2D eigenvalue weighted by molar-refractivity contribution is 0.0534. The molecule has 1 saturated heterocycles. The second-order valence-electron chi connectivity index (χ2n) is 4.41. The number of pyridine rings is 1. The average molecular weight is 250 g/mol. The van der Waals surface area contributed by atoms with E-state index in [0.29, 0.717) is 18.8 Å². The van der Waals surface area contributed by atoms with E-state index < -0.39 is 0 Å². The Hall–Kier alpha value is -1.62. The van der Waals surface area contributed by atoms with Crippen molar-refractivity contribution >= 4 is 5.91 Å². The first-order chi connectivity index (χ1) is 8.70. The largest absolute Gasteiger partial charge is 0.376 e. The Kier molecular flexibility index (Phi) is 4.15. The normalized spacial score (nSPS) is 18.8. The smallest absolute Gasteiger partial charge is 0.270 e. The van der Waals surface area contributed by atoms with Gasteiger partial charge in [-0.3, -0.25) is 9.59 Å². The van der Waals surface area contributed by atoms with Crippen LogP contribution >= 0.6 is 0 Å². The number of aromatic amines is 1. The zero-order chi connectivity index (χ0) is 13.0. The Morgan fingerprint density at radius 1 is 1.56 bits per heavy atom. The first-order valence-corrected chi connectivity index (χ1v) is 6.31. The van der Waals surface area contributed by atoms with E-state index in [2.05, 4.69) is 4.98 Å². The molecule has 1 aliphatic rings.